The van der Waals surface area contributed by atoms with E-state index in [1.54, 1.807) is 0 Å². The Morgan fingerprint density at radius 1 is 1.11 bits per heavy atom. The minimum atomic E-state index is 0.243. The van der Waals surface area contributed by atoms with Crippen LogP contribution in [-0.4, -0.2) is 18.7 Å². The lowest BCUT2D eigenvalue weighted by atomic mass is 10.0. The summed E-state index contributed by atoms with van der Waals surface area (Å²) in [6.45, 7) is 11.8. The highest BCUT2D eigenvalue weighted by molar-refractivity contribution is 5.35. The van der Waals surface area contributed by atoms with E-state index in [0.717, 1.165) is 18.7 Å². The third-order valence-electron chi connectivity index (χ3n) is 3.04. The van der Waals surface area contributed by atoms with Crippen molar-refractivity contribution in [2.45, 2.75) is 59.1 Å². The Bertz CT molecular complexity index is 347. The van der Waals surface area contributed by atoms with Gasteiger partial charge in [0, 0.05) is 12.6 Å². The number of rotatable bonds is 7. The Kier molecular flexibility index (Phi) is 6.20. The van der Waals surface area contributed by atoms with E-state index in [9.17, 15) is 0 Å². The zero-order valence-electron chi connectivity index (χ0n) is 12.4. The molecule has 0 heterocycles. The maximum atomic E-state index is 6.14. The molecule has 2 heteroatoms. The predicted molar refractivity (Wildman–Crippen MR) is 78.4 cm³/mol. The molecule has 1 atom stereocenters. The van der Waals surface area contributed by atoms with Crippen LogP contribution in [-0.2, 0) is 0 Å². The van der Waals surface area contributed by atoms with Crippen molar-refractivity contribution in [2.75, 3.05) is 6.54 Å². The number of hydrogen-bond donors (Lipinski definition) is 1. The highest BCUT2D eigenvalue weighted by Gasteiger charge is 2.12. The van der Waals surface area contributed by atoms with Crippen molar-refractivity contribution in [1.29, 1.82) is 0 Å². The Labute approximate surface area is 112 Å². The van der Waals surface area contributed by atoms with Gasteiger partial charge in [0.25, 0.3) is 0 Å². The van der Waals surface area contributed by atoms with Crippen LogP contribution in [0.25, 0.3) is 0 Å². The number of benzene rings is 1. The molecule has 0 aliphatic heterocycles. The fourth-order valence-corrected chi connectivity index (χ4v) is 1.88. The predicted octanol–water partition coefficient (Wildman–Crippen LogP) is 3.97. The van der Waals surface area contributed by atoms with Crippen LogP contribution < -0.4 is 10.1 Å². The molecule has 18 heavy (non-hydrogen) atoms. The van der Waals surface area contributed by atoms with Crippen LogP contribution in [0.3, 0.4) is 0 Å². The molecule has 0 saturated carbocycles. The van der Waals surface area contributed by atoms with E-state index in [0.29, 0.717) is 12.0 Å². The number of para-hydroxylation sites is 1. The van der Waals surface area contributed by atoms with Crippen molar-refractivity contribution in [3.05, 3.63) is 29.8 Å². The molecule has 0 aliphatic rings. The molecule has 102 valence electrons. The topological polar surface area (TPSA) is 21.3 Å². The van der Waals surface area contributed by atoms with Crippen LogP contribution in [0.4, 0.5) is 0 Å². The van der Waals surface area contributed by atoms with E-state index < -0.39 is 0 Å². The van der Waals surface area contributed by atoms with Gasteiger partial charge in [-0.1, -0.05) is 52.8 Å². The van der Waals surface area contributed by atoms with Gasteiger partial charge in [-0.25, -0.2) is 0 Å². The fraction of sp³-hybridized carbons (Fsp3) is 0.625. The van der Waals surface area contributed by atoms with E-state index >= 15 is 0 Å². The summed E-state index contributed by atoms with van der Waals surface area (Å²) in [5.74, 6) is 1.53. The van der Waals surface area contributed by atoms with Gasteiger partial charge in [-0.05, 0) is 24.0 Å². The van der Waals surface area contributed by atoms with Crippen LogP contribution in [0.2, 0.25) is 0 Å². The molecule has 1 rings (SSSR count). The summed E-state index contributed by atoms with van der Waals surface area (Å²) >= 11 is 0. The molecule has 0 bridgehead atoms. The van der Waals surface area contributed by atoms with E-state index in [-0.39, 0.29) is 6.10 Å². The van der Waals surface area contributed by atoms with Crippen LogP contribution in [0.1, 0.15) is 52.5 Å². The van der Waals surface area contributed by atoms with Crippen molar-refractivity contribution in [2.24, 2.45) is 0 Å². The first-order valence-electron chi connectivity index (χ1n) is 7.03. The molecule has 0 aromatic heterocycles. The second kappa shape index (κ2) is 7.42. The smallest absolute Gasteiger partial charge is 0.123 e. The summed E-state index contributed by atoms with van der Waals surface area (Å²) < 4.78 is 6.14. The largest absolute Gasteiger partial charge is 0.489 e. The normalized spacial score (nSPS) is 13.1. The molecule has 0 amide bonds. The molecule has 0 spiro atoms. The van der Waals surface area contributed by atoms with Crippen LogP contribution in [0.5, 0.6) is 5.75 Å². The average molecular weight is 249 g/mol. The molecule has 1 aromatic carbocycles. The molecule has 1 N–H and O–H groups in total. The third-order valence-corrected chi connectivity index (χ3v) is 3.04. The summed E-state index contributed by atoms with van der Waals surface area (Å²) in [5, 5.41) is 3.44. The van der Waals surface area contributed by atoms with Crippen molar-refractivity contribution in [3.63, 3.8) is 0 Å². The van der Waals surface area contributed by atoms with E-state index in [1.807, 2.05) is 6.07 Å². The first-order valence-corrected chi connectivity index (χ1v) is 7.03. The molecule has 0 radical (unpaired) electrons. The molecule has 2 nitrogen and oxygen atoms in total. The molecular weight excluding hydrogens is 222 g/mol. The maximum Gasteiger partial charge on any atom is 0.123 e. The van der Waals surface area contributed by atoms with Gasteiger partial charge in [-0.2, -0.15) is 0 Å². The summed E-state index contributed by atoms with van der Waals surface area (Å²) in [5.41, 5.74) is 1.29. The monoisotopic (exact) mass is 249 g/mol. The summed E-state index contributed by atoms with van der Waals surface area (Å²) in [7, 11) is 0. The van der Waals surface area contributed by atoms with Gasteiger partial charge >= 0.3 is 0 Å². The van der Waals surface area contributed by atoms with Gasteiger partial charge < -0.3 is 10.1 Å². The SMILES string of the molecule is CCC(CNC(C)C)Oc1ccccc1C(C)C. The molecule has 1 unspecified atom stereocenters. The van der Waals surface area contributed by atoms with Crippen molar-refractivity contribution >= 4 is 0 Å². The summed E-state index contributed by atoms with van der Waals surface area (Å²) in [4.78, 5) is 0. The van der Waals surface area contributed by atoms with Gasteiger partial charge in [0.05, 0.1) is 0 Å². The van der Waals surface area contributed by atoms with E-state index in [4.69, 9.17) is 4.74 Å². The fourth-order valence-electron chi connectivity index (χ4n) is 1.88. The lowest BCUT2D eigenvalue weighted by Crippen LogP contribution is -2.35. The molecule has 0 saturated heterocycles. The quantitative estimate of drug-likeness (QED) is 0.789. The Morgan fingerprint density at radius 3 is 2.33 bits per heavy atom. The number of hydrogen-bond acceptors (Lipinski definition) is 2. The van der Waals surface area contributed by atoms with Gasteiger partial charge in [0.1, 0.15) is 11.9 Å². The van der Waals surface area contributed by atoms with Crippen LogP contribution >= 0.6 is 0 Å². The van der Waals surface area contributed by atoms with Crippen molar-refractivity contribution < 1.29 is 4.74 Å². The van der Waals surface area contributed by atoms with Crippen molar-refractivity contribution in [1.82, 2.24) is 5.32 Å². The standard InChI is InChI=1S/C16H27NO/c1-6-14(11-17-13(4)5)18-16-10-8-7-9-15(16)12(2)3/h7-10,12-14,17H,6,11H2,1-5H3. The van der Waals surface area contributed by atoms with E-state index in [2.05, 4.69) is 58.1 Å². The lowest BCUT2D eigenvalue weighted by molar-refractivity contribution is 0.188. The van der Waals surface area contributed by atoms with E-state index in [1.165, 1.54) is 5.56 Å². The van der Waals surface area contributed by atoms with Gasteiger partial charge in [0.15, 0.2) is 0 Å². The summed E-state index contributed by atoms with van der Waals surface area (Å²) in [6, 6.07) is 8.86. The Morgan fingerprint density at radius 2 is 1.78 bits per heavy atom. The van der Waals surface area contributed by atoms with Crippen LogP contribution in [0.15, 0.2) is 24.3 Å². The highest BCUT2D eigenvalue weighted by Crippen LogP contribution is 2.27. The Hall–Kier alpha value is -1.02. The minimum absolute atomic E-state index is 0.243. The first-order chi connectivity index (χ1) is 8.54. The van der Waals surface area contributed by atoms with Gasteiger partial charge in [0.2, 0.25) is 0 Å². The number of nitrogens with one attached hydrogen (secondary N) is 1. The minimum Gasteiger partial charge on any atom is -0.489 e. The van der Waals surface area contributed by atoms with Crippen LogP contribution in [0, 0.1) is 0 Å². The molecule has 1 aromatic rings. The molecule has 0 fully saturated rings. The second-order valence-electron chi connectivity index (χ2n) is 5.40. The third kappa shape index (κ3) is 4.69. The highest BCUT2D eigenvalue weighted by atomic mass is 16.5. The number of ether oxygens (including phenoxy) is 1. The zero-order valence-corrected chi connectivity index (χ0v) is 12.4. The van der Waals surface area contributed by atoms with Crippen molar-refractivity contribution in [3.8, 4) is 5.75 Å². The summed E-state index contributed by atoms with van der Waals surface area (Å²) in [6.07, 6.45) is 1.26. The zero-order chi connectivity index (χ0) is 13.5. The first kappa shape index (κ1) is 15.0. The maximum absolute atomic E-state index is 6.14. The lowest BCUT2D eigenvalue weighted by Gasteiger charge is -2.22. The molecular formula is C16H27NO. The molecule has 0 aliphatic carbocycles. The van der Waals surface area contributed by atoms with Gasteiger partial charge in [-0.15, -0.1) is 0 Å². The second-order valence-corrected chi connectivity index (χ2v) is 5.40. The Balaban J connectivity index is 2.69. The average Bonchev–Trinajstić information content (AvgIpc) is 2.34. The van der Waals surface area contributed by atoms with Gasteiger partial charge in [-0.3, -0.25) is 0 Å².